The smallest absolute Gasteiger partial charge is 0.408 e. The summed E-state index contributed by atoms with van der Waals surface area (Å²) in [5, 5.41) is 5.50. The number of nitrogens with zero attached hydrogens (tertiary/aromatic N) is 1. The van der Waals surface area contributed by atoms with Crippen molar-refractivity contribution in [3.05, 3.63) is 35.4 Å². The van der Waals surface area contributed by atoms with Gasteiger partial charge in [-0.2, -0.15) is 0 Å². The second-order valence-electron chi connectivity index (χ2n) is 9.87. The quantitative estimate of drug-likeness (QED) is 0.259. The standard InChI is InChI=1S/C28H42N4O5/c1-7-10-18-30-25(34)24(21-15-13-12-14-20(21)9-3)32(19-11-8-2)26(35)22(16-17-23(29)33)31-27(36)37-28(4,5)6/h3,12-15,22,24H,7-8,10-11,16-19H2,1-2,4-6H3,(H2,29,33)(H,30,34)(H,31,36). The van der Waals surface area contributed by atoms with E-state index in [9.17, 15) is 19.2 Å². The Morgan fingerprint density at radius 2 is 1.76 bits per heavy atom. The average molecular weight is 515 g/mol. The van der Waals surface area contributed by atoms with Gasteiger partial charge < -0.3 is 26.0 Å². The summed E-state index contributed by atoms with van der Waals surface area (Å²) in [5.41, 5.74) is 5.54. The lowest BCUT2D eigenvalue weighted by Gasteiger charge is -2.35. The second-order valence-corrected chi connectivity index (χ2v) is 9.87. The highest BCUT2D eigenvalue weighted by Gasteiger charge is 2.36. The van der Waals surface area contributed by atoms with Crippen molar-refractivity contribution in [1.82, 2.24) is 15.5 Å². The minimum absolute atomic E-state index is 0.0446. The van der Waals surface area contributed by atoms with E-state index in [1.165, 1.54) is 4.90 Å². The summed E-state index contributed by atoms with van der Waals surface area (Å²) in [7, 11) is 0. The summed E-state index contributed by atoms with van der Waals surface area (Å²) >= 11 is 0. The Bertz CT molecular complexity index is 964. The van der Waals surface area contributed by atoms with E-state index in [4.69, 9.17) is 16.9 Å². The van der Waals surface area contributed by atoms with Crippen molar-refractivity contribution in [3.8, 4) is 12.3 Å². The average Bonchev–Trinajstić information content (AvgIpc) is 2.82. The maximum absolute atomic E-state index is 14.0. The molecule has 1 aromatic rings. The molecule has 1 rings (SSSR count). The molecule has 4 N–H and O–H groups in total. The van der Waals surface area contributed by atoms with Crippen LogP contribution in [0, 0.1) is 12.3 Å². The van der Waals surface area contributed by atoms with Crippen LogP contribution in [0.2, 0.25) is 0 Å². The number of alkyl carbamates (subject to hydrolysis) is 1. The first-order valence-electron chi connectivity index (χ1n) is 12.9. The number of carbonyl (C=O) groups is 4. The van der Waals surface area contributed by atoms with Gasteiger partial charge in [-0.3, -0.25) is 14.4 Å². The topological polar surface area (TPSA) is 131 Å². The van der Waals surface area contributed by atoms with Gasteiger partial charge >= 0.3 is 6.09 Å². The number of benzene rings is 1. The molecule has 4 amide bonds. The van der Waals surface area contributed by atoms with E-state index in [-0.39, 0.29) is 25.3 Å². The molecule has 0 saturated carbocycles. The van der Waals surface area contributed by atoms with Crippen molar-refractivity contribution in [2.75, 3.05) is 13.1 Å². The van der Waals surface area contributed by atoms with Crippen LogP contribution in [0.1, 0.15) is 90.3 Å². The molecule has 0 aliphatic carbocycles. The van der Waals surface area contributed by atoms with Gasteiger partial charge in [0.2, 0.25) is 17.7 Å². The van der Waals surface area contributed by atoms with Crippen LogP contribution < -0.4 is 16.4 Å². The number of hydrogen-bond acceptors (Lipinski definition) is 5. The van der Waals surface area contributed by atoms with Crippen LogP contribution in [0.5, 0.6) is 0 Å². The fourth-order valence-electron chi connectivity index (χ4n) is 3.69. The molecule has 0 spiro atoms. The van der Waals surface area contributed by atoms with E-state index >= 15 is 0 Å². The second kappa shape index (κ2) is 15.5. The molecule has 0 bridgehead atoms. The van der Waals surface area contributed by atoms with Gasteiger partial charge in [0.15, 0.2) is 0 Å². The molecular weight excluding hydrogens is 472 g/mol. The number of amides is 4. The van der Waals surface area contributed by atoms with Gasteiger partial charge in [-0.25, -0.2) is 4.79 Å². The molecule has 0 heterocycles. The van der Waals surface area contributed by atoms with Gasteiger partial charge in [-0.1, -0.05) is 50.8 Å². The lowest BCUT2D eigenvalue weighted by molar-refractivity contribution is -0.142. The van der Waals surface area contributed by atoms with E-state index in [0.717, 1.165) is 19.3 Å². The molecule has 1 aromatic carbocycles. The number of rotatable bonds is 14. The van der Waals surface area contributed by atoms with Crippen LogP contribution in [-0.4, -0.2) is 53.4 Å². The monoisotopic (exact) mass is 514 g/mol. The number of unbranched alkanes of at least 4 members (excludes halogenated alkanes) is 2. The van der Waals surface area contributed by atoms with E-state index in [0.29, 0.717) is 24.1 Å². The molecule has 0 aliphatic heterocycles. The zero-order valence-electron chi connectivity index (χ0n) is 22.8. The number of nitrogens with two attached hydrogens (primary N) is 1. The van der Waals surface area contributed by atoms with E-state index in [1.54, 1.807) is 45.0 Å². The van der Waals surface area contributed by atoms with Crippen molar-refractivity contribution in [2.45, 2.75) is 90.8 Å². The normalized spacial score (nSPS) is 12.5. The minimum atomic E-state index is -1.14. The maximum Gasteiger partial charge on any atom is 0.408 e. The summed E-state index contributed by atoms with van der Waals surface area (Å²) in [6.45, 7) is 9.78. The van der Waals surface area contributed by atoms with Crippen LogP contribution >= 0.6 is 0 Å². The van der Waals surface area contributed by atoms with Crippen LogP contribution in [0.3, 0.4) is 0 Å². The van der Waals surface area contributed by atoms with Crippen molar-refractivity contribution in [3.63, 3.8) is 0 Å². The molecule has 9 nitrogen and oxygen atoms in total. The molecular formula is C28H42N4O5. The molecule has 204 valence electrons. The minimum Gasteiger partial charge on any atom is -0.444 e. The van der Waals surface area contributed by atoms with Gasteiger partial charge in [-0.05, 0) is 51.7 Å². The number of hydrogen-bond donors (Lipinski definition) is 3. The molecule has 2 unspecified atom stereocenters. The molecule has 0 radical (unpaired) electrons. The van der Waals surface area contributed by atoms with E-state index in [2.05, 4.69) is 16.6 Å². The molecule has 0 saturated heterocycles. The van der Waals surface area contributed by atoms with Crippen LogP contribution in [0.25, 0.3) is 0 Å². The zero-order chi connectivity index (χ0) is 28.0. The number of terminal acetylenes is 1. The third-order valence-corrected chi connectivity index (χ3v) is 5.50. The summed E-state index contributed by atoms with van der Waals surface area (Å²) in [6.07, 6.45) is 7.79. The Morgan fingerprint density at radius 1 is 1.11 bits per heavy atom. The highest BCUT2D eigenvalue weighted by molar-refractivity contribution is 5.92. The van der Waals surface area contributed by atoms with Crippen molar-refractivity contribution in [2.24, 2.45) is 5.73 Å². The van der Waals surface area contributed by atoms with Crippen molar-refractivity contribution < 1.29 is 23.9 Å². The van der Waals surface area contributed by atoms with Crippen molar-refractivity contribution >= 4 is 23.8 Å². The summed E-state index contributed by atoms with van der Waals surface area (Å²) in [4.78, 5) is 53.1. The number of ether oxygens (including phenoxy) is 1. The van der Waals surface area contributed by atoms with Gasteiger partial charge in [0, 0.05) is 25.1 Å². The predicted molar refractivity (Wildman–Crippen MR) is 143 cm³/mol. The Labute approximate surface area is 220 Å². The van der Waals surface area contributed by atoms with E-state index < -0.39 is 35.6 Å². The Kier molecular flexibility index (Phi) is 13.2. The largest absolute Gasteiger partial charge is 0.444 e. The van der Waals surface area contributed by atoms with Crippen LogP contribution in [0.15, 0.2) is 24.3 Å². The maximum atomic E-state index is 14.0. The Morgan fingerprint density at radius 3 is 2.32 bits per heavy atom. The van der Waals surface area contributed by atoms with Crippen LogP contribution in [-0.2, 0) is 19.1 Å². The van der Waals surface area contributed by atoms with Crippen molar-refractivity contribution in [1.29, 1.82) is 0 Å². The fraction of sp³-hybridized carbons (Fsp3) is 0.571. The first kappa shape index (κ1) is 31.5. The Hall–Kier alpha value is -3.54. The highest BCUT2D eigenvalue weighted by Crippen LogP contribution is 2.27. The van der Waals surface area contributed by atoms with Gasteiger partial charge in [-0.15, -0.1) is 6.42 Å². The molecule has 9 heteroatoms. The lowest BCUT2D eigenvalue weighted by Crippen LogP contribution is -2.53. The predicted octanol–water partition coefficient (Wildman–Crippen LogP) is 3.41. The number of carbonyl (C=O) groups excluding carboxylic acids is 4. The lowest BCUT2D eigenvalue weighted by atomic mass is 9.96. The number of nitrogens with one attached hydrogen (secondary N) is 2. The molecule has 2 atom stereocenters. The van der Waals surface area contributed by atoms with Gasteiger partial charge in [0.05, 0.1) is 0 Å². The summed E-state index contributed by atoms with van der Waals surface area (Å²) in [6, 6.07) is 4.80. The van der Waals surface area contributed by atoms with E-state index in [1.807, 2.05) is 13.8 Å². The third-order valence-electron chi connectivity index (χ3n) is 5.50. The first-order chi connectivity index (χ1) is 17.4. The summed E-state index contributed by atoms with van der Waals surface area (Å²) < 4.78 is 5.34. The SMILES string of the molecule is C#Cc1ccccc1C(C(=O)NCCCC)N(CCCC)C(=O)C(CCC(N)=O)NC(=O)OC(C)(C)C. The molecule has 37 heavy (non-hydrogen) atoms. The first-order valence-corrected chi connectivity index (χ1v) is 12.9. The Balaban J connectivity index is 3.52. The zero-order valence-corrected chi connectivity index (χ0v) is 22.8. The van der Waals surface area contributed by atoms with Gasteiger partial charge in [0.25, 0.3) is 0 Å². The van der Waals surface area contributed by atoms with Crippen LogP contribution in [0.4, 0.5) is 4.79 Å². The summed E-state index contributed by atoms with van der Waals surface area (Å²) in [5.74, 6) is 1.10. The third kappa shape index (κ3) is 10.9. The molecule has 0 aliphatic rings. The van der Waals surface area contributed by atoms with Gasteiger partial charge in [0.1, 0.15) is 17.7 Å². The highest BCUT2D eigenvalue weighted by atomic mass is 16.6. The number of primary amides is 1. The molecule has 0 fully saturated rings. The fourth-order valence-corrected chi connectivity index (χ4v) is 3.69. The molecule has 0 aromatic heterocycles.